The van der Waals surface area contributed by atoms with E-state index in [9.17, 15) is 4.79 Å². The van der Waals surface area contributed by atoms with Gasteiger partial charge in [0.1, 0.15) is 5.75 Å². The van der Waals surface area contributed by atoms with Crippen LogP contribution in [0, 0.1) is 3.57 Å². The Morgan fingerprint density at radius 1 is 1.19 bits per heavy atom. The van der Waals surface area contributed by atoms with Crippen LogP contribution in [-0.2, 0) is 4.79 Å². The Hall–Kier alpha value is -1.21. The van der Waals surface area contributed by atoms with Gasteiger partial charge in [-0.25, -0.2) is 0 Å². The Labute approximate surface area is 141 Å². The molecule has 0 fully saturated rings. The first-order chi connectivity index (χ1) is 10.2. The van der Waals surface area contributed by atoms with Crippen molar-refractivity contribution in [3.05, 3.63) is 52.1 Å². The second-order valence-electron chi connectivity index (χ2n) is 4.60. The highest BCUT2D eigenvalue weighted by atomic mass is 127. The highest BCUT2D eigenvalue weighted by Crippen LogP contribution is 2.34. The number of anilines is 1. The highest BCUT2D eigenvalue weighted by Gasteiger charge is 2.22. The molecule has 0 aliphatic carbocycles. The number of ether oxygens (including phenoxy) is 1. The Bertz CT molecular complexity index is 645. The SMILES string of the molecule is O=C(COc1ccc(I)cc1)N1CCSc2ccccc21. The average molecular weight is 411 g/mol. The molecule has 0 atom stereocenters. The fourth-order valence-electron chi connectivity index (χ4n) is 2.18. The first-order valence-corrected chi connectivity index (χ1v) is 8.71. The maximum atomic E-state index is 12.4. The normalized spacial score (nSPS) is 13.7. The largest absolute Gasteiger partial charge is 0.484 e. The molecule has 0 bridgehead atoms. The van der Waals surface area contributed by atoms with E-state index in [1.54, 1.807) is 11.8 Å². The van der Waals surface area contributed by atoms with Crippen LogP contribution in [-0.4, -0.2) is 24.8 Å². The summed E-state index contributed by atoms with van der Waals surface area (Å²) in [6.45, 7) is 0.802. The van der Waals surface area contributed by atoms with Gasteiger partial charge in [0, 0.05) is 20.8 Å². The van der Waals surface area contributed by atoms with Crippen LogP contribution in [0.25, 0.3) is 0 Å². The second-order valence-corrected chi connectivity index (χ2v) is 6.99. The lowest BCUT2D eigenvalue weighted by Gasteiger charge is -2.28. The molecular formula is C16H14INO2S. The van der Waals surface area contributed by atoms with Crippen LogP contribution in [0.15, 0.2) is 53.4 Å². The number of rotatable bonds is 3. The smallest absolute Gasteiger partial charge is 0.264 e. The first kappa shape index (κ1) is 14.7. The molecule has 0 saturated carbocycles. The van der Waals surface area contributed by atoms with E-state index in [1.807, 2.05) is 47.4 Å². The molecule has 1 heterocycles. The summed E-state index contributed by atoms with van der Waals surface area (Å²) in [4.78, 5) is 15.4. The number of carbonyl (C=O) groups excluding carboxylic acids is 1. The van der Waals surface area contributed by atoms with Crippen LogP contribution < -0.4 is 9.64 Å². The van der Waals surface area contributed by atoms with E-state index in [4.69, 9.17) is 4.74 Å². The number of halogens is 1. The van der Waals surface area contributed by atoms with Crippen molar-refractivity contribution in [3.8, 4) is 5.75 Å². The Kier molecular flexibility index (Phi) is 4.70. The van der Waals surface area contributed by atoms with Gasteiger partial charge in [-0.1, -0.05) is 12.1 Å². The number of amides is 1. The molecule has 21 heavy (non-hydrogen) atoms. The van der Waals surface area contributed by atoms with E-state index in [-0.39, 0.29) is 12.5 Å². The molecule has 108 valence electrons. The van der Waals surface area contributed by atoms with Crippen LogP contribution >= 0.6 is 34.4 Å². The summed E-state index contributed by atoms with van der Waals surface area (Å²) in [7, 11) is 0. The van der Waals surface area contributed by atoms with E-state index in [1.165, 1.54) is 0 Å². The van der Waals surface area contributed by atoms with Gasteiger partial charge in [0.05, 0.1) is 5.69 Å². The zero-order valence-corrected chi connectivity index (χ0v) is 14.3. The van der Waals surface area contributed by atoms with Crippen molar-refractivity contribution >= 4 is 45.9 Å². The Morgan fingerprint density at radius 3 is 2.76 bits per heavy atom. The molecule has 0 N–H and O–H groups in total. The molecule has 2 aromatic rings. The van der Waals surface area contributed by atoms with Crippen molar-refractivity contribution < 1.29 is 9.53 Å². The van der Waals surface area contributed by atoms with Crippen LogP contribution in [0.3, 0.4) is 0 Å². The van der Waals surface area contributed by atoms with Crippen molar-refractivity contribution in [1.82, 2.24) is 0 Å². The molecular weight excluding hydrogens is 397 g/mol. The minimum atomic E-state index is 0.00120. The number of benzene rings is 2. The van der Waals surface area contributed by atoms with Gasteiger partial charge in [-0.05, 0) is 59.0 Å². The van der Waals surface area contributed by atoms with E-state index >= 15 is 0 Å². The molecule has 1 aliphatic rings. The van der Waals surface area contributed by atoms with Gasteiger partial charge < -0.3 is 9.64 Å². The molecule has 0 aromatic heterocycles. The number of carbonyl (C=O) groups is 1. The number of hydrogen-bond acceptors (Lipinski definition) is 3. The average Bonchev–Trinajstić information content (AvgIpc) is 2.53. The summed E-state index contributed by atoms with van der Waals surface area (Å²) >= 11 is 4.03. The lowest BCUT2D eigenvalue weighted by atomic mass is 10.2. The van der Waals surface area contributed by atoms with Gasteiger partial charge >= 0.3 is 0 Å². The molecule has 0 radical (unpaired) electrons. The Morgan fingerprint density at radius 2 is 1.95 bits per heavy atom. The predicted molar refractivity (Wildman–Crippen MR) is 94.2 cm³/mol. The lowest BCUT2D eigenvalue weighted by molar-refractivity contribution is -0.120. The Balaban J connectivity index is 1.68. The van der Waals surface area contributed by atoms with Crippen LogP contribution in [0.5, 0.6) is 5.75 Å². The fourth-order valence-corrected chi connectivity index (χ4v) is 3.54. The van der Waals surface area contributed by atoms with Crippen molar-refractivity contribution in [1.29, 1.82) is 0 Å². The minimum absolute atomic E-state index is 0.00120. The maximum absolute atomic E-state index is 12.4. The molecule has 0 spiro atoms. The molecule has 2 aromatic carbocycles. The van der Waals surface area contributed by atoms with Gasteiger partial charge in [-0.2, -0.15) is 0 Å². The van der Waals surface area contributed by atoms with Crippen LogP contribution in [0.1, 0.15) is 0 Å². The van der Waals surface area contributed by atoms with Gasteiger partial charge in [-0.15, -0.1) is 11.8 Å². The quantitative estimate of drug-likeness (QED) is 0.720. The third-order valence-electron chi connectivity index (χ3n) is 3.21. The van der Waals surface area contributed by atoms with Crippen molar-refractivity contribution in [2.24, 2.45) is 0 Å². The number of para-hydroxylation sites is 1. The fraction of sp³-hybridized carbons (Fsp3) is 0.188. The van der Waals surface area contributed by atoms with E-state index in [0.29, 0.717) is 0 Å². The second kappa shape index (κ2) is 6.70. The summed E-state index contributed by atoms with van der Waals surface area (Å²) < 4.78 is 6.74. The van der Waals surface area contributed by atoms with Crippen molar-refractivity contribution in [2.45, 2.75) is 4.90 Å². The molecule has 5 heteroatoms. The zero-order chi connectivity index (χ0) is 14.7. The molecule has 0 saturated heterocycles. The number of thioether (sulfide) groups is 1. The predicted octanol–water partition coefficient (Wildman–Crippen LogP) is 3.81. The number of nitrogens with zero attached hydrogens (tertiary/aromatic N) is 1. The minimum Gasteiger partial charge on any atom is -0.484 e. The molecule has 3 nitrogen and oxygen atoms in total. The topological polar surface area (TPSA) is 29.5 Å². The summed E-state index contributed by atoms with van der Waals surface area (Å²) in [6, 6.07) is 15.7. The third-order valence-corrected chi connectivity index (χ3v) is 4.97. The van der Waals surface area contributed by atoms with Crippen LogP contribution in [0.2, 0.25) is 0 Å². The van der Waals surface area contributed by atoms with Gasteiger partial charge in [0.25, 0.3) is 5.91 Å². The number of fused-ring (bicyclic) bond motifs is 1. The summed E-state index contributed by atoms with van der Waals surface area (Å²) in [5.41, 5.74) is 0.991. The van der Waals surface area contributed by atoms with Crippen LogP contribution in [0.4, 0.5) is 5.69 Å². The highest BCUT2D eigenvalue weighted by molar-refractivity contribution is 14.1. The molecule has 1 aliphatic heterocycles. The molecule has 3 rings (SSSR count). The van der Waals surface area contributed by atoms with Gasteiger partial charge in [-0.3, -0.25) is 4.79 Å². The standard InChI is InChI=1S/C16H14INO2S/c17-12-5-7-13(8-6-12)20-11-16(19)18-9-10-21-15-4-2-1-3-14(15)18/h1-8H,9-11H2. The van der Waals surface area contributed by atoms with Crippen molar-refractivity contribution in [3.63, 3.8) is 0 Å². The summed E-state index contributed by atoms with van der Waals surface area (Å²) in [5, 5.41) is 0. The van der Waals surface area contributed by atoms with Crippen molar-refractivity contribution in [2.75, 3.05) is 23.8 Å². The number of hydrogen-bond donors (Lipinski definition) is 0. The van der Waals surface area contributed by atoms with Gasteiger partial charge in [0.2, 0.25) is 0 Å². The third kappa shape index (κ3) is 3.52. The first-order valence-electron chi connectivity index (χ1n) is 6.64. The monoisotopic (exact) mass is 411 g/mol. The summed E-state index contributed by atoms with van der Waals surface area (Å²) in [6.07, 6.45) is 0. The van der Waals surface area contributed by atoms with E-state index in [2.05, 4.69) is 28.7 Å². The molecule has 1 amide bonds. The zero-order valence-electron chi connectivity index (χ0n) is 11.3. The lowest BCUT2D eigenvalue weighted by Crippen LogP contribution is -2.38. The maximum Gasteiger partial charge on any atom is 0.264 e. The van der Waals surface area contributed by atoms with E-state index in [0.717, 1.165) is 32.2 Å². The van der Waals surface area contributed by atoms with Gasteiger partial charge in [0.15, 0.2) is 6.61 Å². The molecule has 0 unspecified atom stereocenters. The van der Waals surface area contributed by atoms with E-state index < -0.39 is 0 Å². The summed E-state index contributed by atoms with van der Waals surface area (Å²) in [5.74, 6) is 1.65.